The highest BCUT2D eigenvalue weighted by molar-refractivity contribution is 9.21. The first-order valence-corrected chi connectivity index (χ1v) is 17.4. The molecule has 0 fully saturated rings. The van der Waals surface area contributed by atoms with Crippen LogP contribution in [0.4, 0.5) is 0 Å². The van der Waals surface area contributed by atoms with Crippen LogP contribution in [0.5, 0.6) is 0 Å². The van der Waals surface area contributed by atoms with E-state index in [0.29, 0.717) is 0 Å². The fourth-order valence-electron chi connectivity index (χ4n) is 2.56. The van der Waals surface area contributed by atoms with Gasteiger partial charge in [0.05, 0.1) is 0 Å². The molecule has 0 amide bonds. The summed E-state index contributed by atoms with van der Waals surface area (Å²) in [4.78, 5) is 0. The third-order valence-corrected chi connectivity index (χ3v) is 15.4. The molecule has 0 heterocycles. The van der Waals surface area contributed by atoms with Gasteiger partial charge < -0.3 is 14.2 Å². The molecule has 182 valence electrons. The van der Waals surface area contributed by atoms with E-state index in [1.54, 1.807) is 0 Å². The maximum Gasteiger partial charge on any atom is 0.268 e. The smallest absolute Gasteiger partial charge is 0.268 e. The normalized spacial score (nSPS) is 10.9. The van der Waals surface area contributed by atoms with Crippen LogP contribution in [0.1, 0.15) is 16.7 Å². The van der Waals surface area contributed by atoms with Crippen LogP contribution in [0.2, 0.25) is 0 Å². The van der Waals surface area contributed by atoms with Crippen LogP contribution in [0.25, 0.3) is 0 Å². The van der Waals surface area contributed by atoms with E-state index in [1.807, 2.05) is 91.0 Å². The molecule has 0 atom stereocenters. The number of hydrogen-bond donors (Lipinski definition) is 0. The van der Waals surface area contributed by atoms with Gasteiger partial charge in [0.25, 0.3) is 4.75 Å². The molecule has 3 aromatic rings. The molecule has 0 saturated carbocycles. The van der Waals surface area contributed by atoms with Gasteiger partial charge in [-0.1, -0.05) is 91.0 Å². The summed E-state index contributed by atoms with van der Waals surface area (Å²) in [7, 11) is 0. The molecule has 0 aromatic heterocycles. The van der Waals surface area contributed by atoms with Crippen molar-refractivity contribution in [1.29, 1.82) is 0 Å². The van der Waals surface area contributed by atoms with Gasteiger partial charge >= 0.3 is 0 Å². The molecule has 0 aliphatic heterocycles. The molecule has 3 rings (SSSR count). The lowest BCUT2D eigenvalue weighted by atomic mass is 10.2. The van der Waals surface area contributed by atoms with Crippen LogP contribution in [0, 0.1) is 0 Å². The second kappa shape index (κ2) is 15.0. The van der Waals surface area contributed by atoms with Gasteiger partial charge in [0.1, 0.15) is 19.8 Å². The Kier molecular flexibility index (Phi) is 12.1. The fraction of sp³-hybridized carbons (Fsp3) is 0.125. The predicted molar refractivity (Wildman–Crippen MR) is 162 cm³/mol. The third kappa shape index (κ3) is 11.0. The molecule has 0 aliphatic rings. The van der Waals surface area contributed by atoms with Crippen molar-refractivity contribution in [1.82, 2.24) is 0 Å². The van der Waals surface area contributed by atoms with Crippen LogP contribution >= 0.6 is 75.5 Å². The lowest BCUT2D eigenvalue weighted by Gasteiger charge is -2.18. The minimum absolute atomic E-state index is 0.133. The average Bonchev–Trinajstić information content (AvgIpc) is 2.86. The summed E-state index contributed by atoms with van der Waals surface area (Å²) in [5.41, 5.74) is 2.86. The summed E-state index contributed by atoms with van der Waals surface area (Å²) in [5.74, 6) is 0. The first kappa shape index (κ1) is 28.2. The van der Waals surface area contributed by atoms with E-state index in [4.69, 9.17) is 50.9 Å². The number of benzene rings is 3. The van der Waals surface area contributed by atoms with E-state index >= 15 is 0 Å². The van der Waals surface area contributed by atoms with Crippen LogP contribution < -0.4 is 0 Å². The Balaban J connectivity index is 1.60. The van der Waals surface area contributed by atoms with Gasteiger partial charge in [-0.3, -0.25) is 4.57 Å². The molecule has 0 spiro atoms. The SMILES string of the molecule is O=P(SC(=S)OCc1ccccc1)(SC(=S)OCc1ccccc1)SC(=S)OCc1ccccc1. The quantitative estimate of drug-likeness (QED) is 0.177. The van der Waals surface area contributed by atoms with Gasteiger partial charge in [0.15, 0.2) is 0 Å². The van der Waals surface area contributed by atoms with E-state index < -0.39 is 4.75 Å². The van der Waals surface area contributed by atoms with Gasteiger partial charge in [-0.05, 0) is 53.3 Å². The zero-order valence-corrected chi connectivity index (χ0v) is 24.1. The topological polar surface area (TPSA) is 44.8 Å². The first-order valence-electron chi connectivity index (χ1n) is 10.2. The number of ether oxygens (including phenoxy) is 3. The molecular weight excluding hydrogens is 576 g/mol. The lowest BCUT2D eigenvalue weighted by molar-refractivity contribution is 0.310. The summed E-state index contributed by atoms with van der Waals surface area (Å²) in [6, 6.07) is 28.8. The van der Waals surface area contributed by atoms with Gasteiger partial charge in [-0.15, -0.1) is 0 Å². The number of hydrogen-bond acceptors (Lipinski definition) is 10. The number of thiocarbonyl (C=S) groups is 3. The van der Waals surface area contributed by atoms with Gasteiger partial charge in [-0.2, -0.15) is 0 Å². The van der Waals surface area contributed by atoms with Crippen LogP contribution in [-0.4, -0.2) is 13.1 Å². The van der Waals surface area contributed by atoms with Crippen molar-refractivity contribution in [2.75, 3.05) is 0 Å². The van der Waals surface area contributed by atoms with Crippen LogP contribution in [-0.2, 0) is 38.6 Å². The molecule has 3 aromatic carbocycles. The summed E-state index contributed by atoms with van der Waals surface area (Å²) < 4.78 is 28.0. The molecular formula is C24H21O4PS6. The molecule has 0 N–H and O–H groups in total. The van der Waals surface area contributed by atoms with Crippen molar-refractivity contribution in [3.8, 4) is 0 Å². The summed E-state index contributed by atoms with van der Waals surface area (Å²) in [5, 5.41) is 0. The second-order valence-electron chi connectivity index (χ2n) is 6.79. The van der Waals surface area contributed by atoms with Crippen LogP contribution in [0.15, 0.2) is 91.0 Å². The first-order chi connectivity index (χ1) is 16.9. The number of rotatable bonds is 9. The minimum Gasteiger partial charge on any atom is -0.473 e. The summed E-state index contributed by atoms with van der Waals surface area (Å²) >= 11 is 18.9. The van der Waals surface area contributed by atoms with E-state index in [0.717, 1.165) is 50.8 Å². The molecule has 0 unspecified atom stereocenters. The van der Waals surface area contributed by atoms with Crippen LogP contribution in [0.3, 0.4) is 0 Å². The molecule has 0 radical (unpaired) electrons. The van der Waals surface area contributed by atoms with E-state index in [2.05, 4.69) is 0 Å². The monoisotopic (exact) mass is 596 g/mol. The maximum absolute atomic E-state index is 13.9. The molecule has 0 bridgehead atoms. The van der Waals surface area contributed by atoms with Crippen molar-refractivity contribution in [2.45, 2.75) is 19.8 Å². The average molecular weight is 597 g/mol. The molecule has 11 heteroatoms. The highest BCUT2D eigenvalue weighted by Gasteiger charge is 2.33. The van der Waals surface area contributed by atoms with E-state index in [9.17, 15) is 4.57 Å². The zero-order chi connectivity index (χ0) is 24.9. The van der Waals surface area contributed by atoms with Crippen molar-refractivity contribution in [3.63, 3.8) is 0 Å². The van der Waals surface area contributed by atoms with Crippen molar-refractivity contribution >= 4 is 88.7 Å². The standard InChI is InChI=1S/C24H21O4PS6/c25-29(33-22(30)26-16-19-10-4-1-5-11-19,34-23(31)27-17-20-12-6-2-7-13-20)35-24(32)28-18-21-14-8-3-9-15-21/h1-15H,16-18H2. The predicted octanol–water partition coefficient (Wildman–Crippen LogP) is 8.80. The summed E-state index contributed by atoms with van der Waals surface area (Å²) in [6.45, 7) is 0.809. The van der Waals surface area contributed by atoms with Gasteiger partial charge in [-0.25, -0.2) is 0 Å². The maximum atomic E-state index is 13.9. The lowest BCUT2D eigenvalue weighted by Crippen LogP contribution is -2.01. The Morgan fingerprint density at radius 3 is 1.06 bits per heavy atom. The highest BCUT2D eigenvalue weighted by Crippen LogP contribution is 2.79. The molecule has 0 aliphatic carbocycles. The molecule has 4 nitrogen and oxygen atoms in total. The third-order valence-electron chi connectivity index (χ3n) is 4.16. The van der Waals surface area contributed by atoms with Gasteiger partial charge in [0.2, 0.25) is 13.1 Å². The Labute approximate surface area is 233 Å². The summed E-state index contributed by atoms with van der Waals surface area (Å²) in [6.07, 6.45) is 0. The Hall–Kier alpha value is -1.39. The Morgan fingerprint density at radius 1 is 0.543 bits per heavy atom. The van der Waals surface area contributed by atoms with Gasteiger partial charge in [0, 0.05) is 34.1 Å². The van der Waals surface area contributed by atoms with E-state index in [1.165, 1.54) is 0 Å². The zero-order valence-electron chi connectivity index (χ0n) is 18.3. The fourth-order valence-corrected chi connectivity index (χ4v) is 16.2. The van der Waals surface area contributed by atoms with Crippen molar-refractivity contribution < 1.29 is 18.8 Å². The van der Waals surface area contributed by atoms with Crippen molar-refractivity contribution in [3.05, 3.63) is 108 Å². The van der Waals surface area contributed by atoms with E-state index in [-0.39, 0.29) is 33.0 Å². The minimum atomic E-state index is -3.30. The van der Waals surface area contributed by atoms with Crippen molar-refractivity contribution in [2.24, 2.45) is 0 Å². The largest absolute Gasteiger partial charge is 0.473 e. The molecule has 35 heavy (non-hydrogen) atoms. The Bertz CT molecular complexity index is 1020. The second-order valence-corrected chi connectivity index (χ2v) is 19.6. The highest BCUT2D eigenvalue weighted by atomic mass is 33.4. The Morgan fingerprint density at radius 2 is 0.800 bits per heavy atom. The molecule has 0 saturated heterocycles.